The Morgan fingerprint density at radius 1 is 0.540 bits per heavy atom. The average molecular weight is 695 g/mol. The number of rotatable bonds is 20. The van der Waals surface area contributed by atoms with Crippen molar-refractivity contribution in [2.75, 3.05) is 26.4 Å². The summed E-state index contributed by atoms with van der Waals surface area (Å²) in [6.07, 6.45) is 4.34. The number of hydrogen-bond donors (Lipinski definition) is 0. The number of hydrogen-bond acceptors (Lipinski definition) is 10. The van der Waals surface area contributed by atoms with E-state index in [2.05, 4.69) is 13.2 Å². The lowest BCUT2D eigenvalue weighted by Gasteiger charge is -2.11. The van der Waals surface area contributed by atoms with E-state index in [0.717, 1.165) is 12.8 Å². The molecule has 3 aromatic rings. The monoisotopic (exact) mass is 694 g/mol. The van der Waals surface area contributed by atoms with Crippen molar-refractivity contribution in [1.29, 1.82) is 0 Å². The van der Waals surface area contributed by atoms with Crippen LogP contribution in [-0.2, 0) is 19.1 Å². The van der Waals surface area contributed by atoms with Gasteiger partial charge in [-0.1, -0.05) is 13.2 Å². The van der Waals surface area contributed by atoms with Crippen LogP contribution in [0.15, 0.2) is 85.0 Å². The lowest BCUT2D eigenvalue weighted by molar-refractivity contribution is -0.139. The first-order valence-corrected chi connectivity index (χ1v) is 16.0. The molecule has 0 bridgehead atoms. The lowest BCUT2D eigenvalue weighted by Crippen LogP contribution is -2.12. The highest BCUT2D eigenvalue weighted by Gasteiger charge is 2.19. The molecule has 10 nitrogen and oxygen atoms in total. The highest BCUT2D eigenvalue weighted by Crippen LogP contribution is 2.28. The van der Waals surface area contributed by atoms with Crippen LogP contribution in [-0.4, -0.2) is 50.3 Å². The predicted octanol–water partition coefficient (Wildman–Crippen LogP) is 7.74. The van der Waals surface area contributed by atoms with Crippen molar-refractivity contribution in [2.45, 2.75) is 52.4 Å². The van der Waals surface area contributed by atoms with Crippen molar-refractivity contribution < 1.29 is 56.4 Å². The summed E-state index contributed by atoms with van der Waals surface area (Å²) >= 11 is 0. The second kappa shape index (κ2) is 20.1. The van der Waals surface area contributed by atoms with Gasteiger partial charge in [0, 0.05) is 23.3 Å². The molecule has 0 aliphatic heterocycles. The first-order chi connectivity index (χ1) is 23.9. The molecule has 0 unspecified atom stereocenters. The molecule has 0 atom stereocenters. The molecule has 0 fully saturated rings. The van der Waals surface area contributed by atoms with Gasteiger partial charge in [-0.3, -0.25) is 0 Å². The zero-order chi connectivity index (χ0) is 36.5. The first-order valence-electron chi connectivity index (χ1n) is 16.0. The molecule has 0 radical (unpaired) electrons. The summed E-state index contributed by atoms with van der Waals surface area (Å²) in [7, 11) is 0. The van der Waals surface area contributed by atoms with Crippen LogP contribution in [0.2, 0.25) is 0 Å². The standard InChI is InChI=1S/C38H40F2O10/c1-25(2)35(41)47-21-9-5-7-19-45-29-15-11-27(12-16-29)37(43)49-33-23-32(40)34(24-31(33)39)50-38(44)28-13-17-30(18-14-28)46-20-8-6-10-22-48-36(42)26(3)4/h11-18,23-24H,1,3,5-10,19-22H2,2,4H3. The van der Waals surface area contributed by atoms with Gasteiger partial charge in [0.05, 0.1) is 37.6 Å². The van der Waals surface area contributed by atoms with Gasteiger partial charge >= 0.3 is 23.9 Å². The van der Waals surface area contributed by atoms with E-state index in [1.807, 2.05) is 0 Å². The predicted molar refractivity (Wildman–Crippen MR) is 179 cm³/mol. The number of esters is 4. The zero-order valence-electron chi connectivity index (χ0n) is 28.1. The van der Waals surface area contributed by atoms with Crippen LogP contribution in [0.25, 0.3) is 0 Å². The number of benzene rings is 3. The van der Waals surface area contributed by atoms with Gasteiger partial charge in [0.1, 0.15) is 11.5 Å². The van der Waals surface area contributed by atoms with E-state index in [9.17, 15) is 28.0 Å². The molecule has 0 amide bonds. The highest BCUT2D eigenvalue weighted by molar-refractivity contribution is 5.92. The van der Waals surface area contributed by atoms with Gasteiger partial charge in [-0.05, 0) is 101 Å². The Bertz CT molecular complexity index is 1530. The maximum atomic E-state index is 14.8. The maximum absolute atomic E-state index is 14.8. The Morgan fingerprint density at radius 2 is 0.880 bits per heavy atom. The fraction of sp³-hybridized carbons (Fsp3) is 0.316. The molecule has 0 aromatic heterocycles. The van der Waals surface area contributed by atoms with E-state index >= 15 is 0 Å². The van der Waals surface area contributed by atoms with E-state index in [1.165, 1.54) is 24.3 Å². The van der Waals surface area contributed by atoms with Gasteiger partial charge < -0.3 is 28.4 Å². The molecule has 50 heavy (non-hydrogen) atoms. The minimum Gasteiger partial charge on any atom is -0.494 e. The molecule has 12 heteroatoms. The average Bonchev–Trinajstić information content (AvgIpc) is 3.09. The van der Waals surface area contributed by atoms with Crippen molar-refractivity contribution in [3.8, 4) is 23.0 Å². The smallest absolute Gasteiger partial charge is 0.343 e. The van der Waals surface area contributed by atoms with Crippen molar-refractivity contribution in [3.05, 3.63) is 108 Å². The third-order valence-electron chi connectivity index (χ3n) is 6.85. The minimum atomic E-state index is -1.12. The Labute approximate surface area is 289 Å². The van der Waals surface area contributed by atoms with Gasteiger partial charge in [-0.2, -0.15) is 0 Å². The molecule has 266 valence electrons. The van der Waals surface area contributed by atoms with Crippen LogP contribution >= 0.6 is 0 Å². The molecule has 0 spiro atoms. The summed E-state index contributed by atoms with van der Waals surface area (Å²) in [6, 6.07) is 13.1. The summed E-state index contributed by atoms with van der Waals surface area (Å²) in [5.41, 5.74) is 0.841. The lowest BCUT2D eigenvalue weighted by atomic mass is 10.2. The normalized spacial score (nSPS) is 10.5. The Balaban J connectivity index is 1.41. The third-order valence-corrected chi connectivity index (χ3v) is 6.85. The molecular weight excluding hydrogens is 654 g/mol. The van der Waals surface area contributed by atoms with Gasteiger partial charge in [-0.25, -0.2) is 28.0 Å². The van der Waals surface area contributed by atoms with Gasteiger partial charge in [0.25, 0.3) is 0 Å². The molecule has 0 aliphatic carbocycles. The van der Waals surface area contributed by atoms with E-state index in [0.29, 0.717) is 86.9 Å². The Hall–Kier alpha value is -5.52. The van der Waals surface area contributed by atoms with Crippen molar-refractivity contribution in [2.24, 2.45) is 0 Å². The van der Waals surface area contributed by atoms with Crippen molar-refractivity contribution >= 4 is 23.9 Å². The summed E-state index contributed by atoms with van der Waals surface area (Å²) in [6.45, 7) is 11.6. The van der Waals surface area contributed by atoms with E-state index in [-0.39, 0.29) is 11.1 Å². The van der Waals surface area contributed by atoms with Crippen LogP contribution in [0.1, 0.15) is 73.1 Å². The van der Waals surface area contributed by atoms with Crippen molar-refractivity contribution in [3.63, 3.8) is 0 Å². The second-order valence-electron chi connectivity index (χ2n) is 11.2. The SMILES string of the molecule is C=C(C)C(=O)OCCCCCOc1ccc(C(=O)Oc2cc(F)c(OC(=O)c3ccc(OCCCCCOC(=O)C(=C)C)cc3)cc2F)cc1. The quantitative estimate of drug-likeness (QED) is 0.0502. The molecule has 0 saturated heterocycles. The molecule has 3 rings (SSSR count). The van der Waals surface area contributed by atoms with Gasteiger partial charge in [-0.15, -0.1) is 0 Å². The van der Waals surface area contributed by atoms with Gasteiger partial charge in [0.2, 0.25) is 0 Å². The number of halogens is 2. The molecule has 0 heterocycles. The molecule has 3 aromatic carbocycles. The molecule has 0 saturated carbocycles. The van der Waals surface area contributed by atoms with E-state index in [4.69, 9.17) is 28.4 Å². The summed E-state index contributed by atoms with van der Waals surface area (Å²) in [5, 5.41) is 0. The van der Waals surface area contributed by atoms with E-state index < -0.39 is 47.0 Å². The maximum Gasteiger partial charge on any atom is 0.343 e. The fourth-order valence-electron chi connectivity index (χ4n) is 4.08. The third kappa shape index (κ3) is 13.2. The van der Waals surface area contributed by atoms with Gasteiger partial charge in [0.15, 0.2) is 23.1 Å². The summed E-state index contributed by atoms with van der Waals surface area (Å²) in [5.74, 6) is -5.32. The summed E-state index contributed by atoms with van der Waals surface area (Å²) < 4.78 is 60.9. The fourth-order valence-corrected chi connectivity index (χ4v) is 4.08. The van der Waals surface area contributed by atoms with Crippen LogP contribution in [0.3, 0.4) is 0 Å². The molecule has 0 aliphatic rings. The Kier molecular flexibility index (Phi) is 15.6. The number of ether oxygens (including phenoxy) is 6. The second-order valence-corrected chi connectivity index (χ2v) is 11.2. The molecule has 0 N–H and O–H groups in total. The largest absolute Gasteiger partial charge is 0.494 e. The van der Waals surface area contributed by atoms with E-state index in [1.54, 1.807) is 38.1 Å². The number of carbonyl (C=O) groups excluding carboxylic acids is 4. The van der Waals surface area contributed by atoms with Crippen LogP contribution in [0.5, 0.6) is 23.0 Å². The minimum absolute atomic E-state index is 0.0704. The Morgan fingerprint density at radius 3 is 1.22 bits per heavy atom. The van der Waals surface area contributed by atoms with Crippen LogP contribution < -0.4 is 18.9 Å². The first kappa shape index (κ1) is 38.9. The molecular formula is C38H40F2O10. The number of unbranched alkanes of at least 4 members (excludes halogenated alkanes) is 4. The highest BCUT2D eigenvalue weighted by atomic mass is 19.1. The van der Waals surface area contributed by atoms with Crippen LogP contribution in [0, 0.1) is 11.6 Å². The topological polar surface area (TPSA) is 124 Å². The van der Waals surface area contributed by atoms with Crippen molar-refractivity contribution in [1.82, 2.24) is 0 Å². The summed E-state index contributed by atoms with van der Waals surface area (Å²) in [4.78, 5) is 47.8. The number of carbonyl (C=O) groups is 4. The van der Waals surface area contributed by atoms with Crippen LogP contribution in [0.4, 0.5) is 8.78 Å². The zero-order valence-corrected chi connectivity index (χ0v) is 28.1.